The Morgan fingerprint density at radius 3 is 2.65 bits per heavy atom. The lowest BCUT2D eigenvalue weighted by atomic mass is 10.1. The predicted octanol–water partition coefficient (Wildman–Crippen LogP) is 3.07. The van der Waals surface area contributed by atoms with Crippen LogP contribution >= 0.6 is 11.6 Å². The van der Waals surface area contributed by atoms with Gasteiger partial charge in [-0.15, -0.1) is 0 Å². The number of amides is 1. The van der Waals surface area contributed by atoms with Gasteiger partial charge in [0.15, 0.2) is 13.2 Å². The van der Waals surface area contributed by atoms with Crippen LogP contribution in [0.5, 0.6) is 5.75 Å². The van der Waals surface area contributed by atoms with Gasteiger partial charge in [0.2, 0.25) is 0 Å². The molecule has 5 nitrogen and oxygen atoms in total. The van der Waals surface area contributed by atoms with Crippen molar-refractivity contribution in [3.63, 3.8) is 0 Å². The van der Waals surface area contributed by atoms with Gasteiger partial charge in [0.1, 0.15) is 11.6 Å². The number of esters is 1. The third-order valence-corrected chi connectivity index (χ3v) is 3.95. The van der Waals surface area contributed by atoms with E-state index in [2.05, 4.69) is 5.32 Å². The van der Waals surface area contributed by atoms with Gasteiger partial charge in [-0.1, -0.05) is 29.8 Å². The van der Waals surface area contributed by atoms with Crippen molar-refractivity contribution in [1.82, 2.24) is 5.32 Å². The quantitative estimate of drug-likeness (QED) is 0.716. The Morgan fingerprint density at radius 2 is 1.92 bits per heavy atom. The molecule has 1 N–H and O–H groups in total. The van der Waals surface area contributed by atoms with Gasteiger partial charge in [-0.05, 0) is 48.7 Å². The topological polar surface area (TPSA) is 64.6 Å². The Balaban J connectivity index is 1.64. The summed E-state index contributed by atoms with van der Waals surface area (Å²) in [7, 11) is 0. The van der Waals surface area contributed by atoms with E-state index in [1.54, 1.807) is 36.4 Å². The van der Waals surface area contributed by atoms with Gasteiger partial charge in [-0.2, -0.15) is 0 Å². The van der Waals surface area contributed by atoms with Crippen molar-refractivity contribution in [3.05, 3.63) is 64.4 Å². The number of carbonyl (C=O) groups excluding carboxylic acids is 2. The zero-order valence-electron chi connectivity index (χ0n) is 14.3. The summed E-state index contributed by atoms with van der Waals surface area (Å²) in [5, 5.41) is 3.17. The normalized spacial score (nSPS) is 10.3. The lowest BCUT2D eigenvalue weighted by Gasteiger charge is -2.09. The molecule has 2 aromatic rings. The van der Waals surface area contributed by atoms with E-state index in [0.29, 0.717) is 22.8 Å². The zero-order chi connectivity index (χ0) is 18.9. The van der Waals surface area contributed by atoms with Crippen molar-refractivity contribution in [2.45, 2.75) is 13.3 Å². The fourth-order valence-corrected chi connectivity index (χ4v) is 2.24. The maximum Gasteiger partial charge on any atom is 0.344 e. The summed E-state index contributed by atoms with van der Waals surface area (Å²) in [5.41, 5.74) is 1.34. The largest absolute Gasteiger partial charge is 0.482 e. The standard InChI is InChI=1S/C19H19ClFNO4/c1-13-10-15(6-7-16(13)20)25-12-19(24)26-11-18(23)22-9-8-14-4-2-3-5-17(14)21/h2-7,10H,8-9,11-12H2,1H3,(H,22,23). The zero-order valence-corrected chi connectivity index (χ0v) is 15.0. The van der Waals surface area contributed by atoms with Gasteiger partial charge in [-0.25, -0.2) is 9.18 Å². The summed E-state index contributed by atoms with van der Waals surface area (Å²) in [5.74, 6) is -0.958. The Bertz CT molecular complexity index is 782. The van der Waals surface area contributed by atoms with Crippen LogP contribution in [0, 0.1) is 12.7 Å². The Morgan fingerprint density at radius 1 is 1.15 bits per heavy atom. The van der Waals surface area contributed by atoms with Crippen molar-refractivity contribution >= 4 is 23.5 Å². The van der Waals surface area contributed by atoms with Crippen molar-refractivity contribution in [3.8, 4) is 5.75 Å². The maximum atomic E-state index is 13.4. The van der Waals surface area contributed by atoms with Crippen LogP contribution in [0.4, 0.5) is 4.39 Å². The average Bonchev–Trinajstić information content (AvgIpc) is 2.62. The van der Waals surface area contributed by atoms with Crippen LogP contribution in [0.25, 0.3) is 0 Å². The number of ether oxygens (including phenoxy) is 2. The molecule has 0 fully saturated rings. The highest BCUT2D eigenvalue weighted by Gasteiger charge is 2.09. The minimum atomic E-state index is -0.665. The maximum absolute atomic E-state index is 13.4. The Kier molecular flexibility index (Phi) is 7.41. The summed E-state index contributed by atoms with van der Waals surface area (Å²) in [6.07, 6.45) is 0.353. The molecule has 0 saturated heterocycles. The molecule has 0 bridgehead atoms. The fourth-order valence-electron chi connectivity index (χ4n) is 2.13. The second-order valence-corrected chi connectivity index (χ2v) is 5.96. The van der Waals surface area contributed by atoms with Crippen molar-refractivity contribution < 1.29 is 23.5 Å². The predicted molar refractivity (Wildman–Crippen MR) is 95.8 cm³/mol. The van der Waals surface area contributed by atoms with E-state index >= 15 is 0 Å². The molecule has 7 heteroatoms. The molecule has 0 aromatic heterocycles. The highest BCUT2D eigenvalue weighted by atomic mass is 35.5. The molecule has 2 aromatic carbocycles. The molecule has 26 heavy (non-hydrogen) atoms. The molecule has 0 atom stereocenters. The van der Waals surface area contributed by atoms with E-state index < -0.39 is 18.5 Å². The van der Waals surface area contributed by atoms with Crippen LogP contribution in [-0.2, 0) is 20.7 Å². The third-order valence-electron chi connectivity index (χ3n) is 3.52. The van der Waals surface area contributed by atoms with Crippen molar-refractivity contribution in [1.29, 1.82) is 0 Å². The monoisotopic (exact) mass is 379 g/mol. The summed E-state index contributed by atoms with van der Waals surface area (Å²) in [4.78, 5) is 23.3. The molecule has 0 heterocycles. The van der Waals surface area contributed by atoms with E-state index in [-0.39, 0.29) is 19.0 Å². The van der Waals surface area contributed by atoms with E-state index in [9.17, 15) is 14.0 Å². The molecule has 2 rings (SSSR count). The van der Waals surface area contributed by atoms with Crippen molar-refractivity contribution in [2.75, 3.05) is 19.8 Å². The number of carbonyl (C=O) groups is 2. The molecule has 1 amide bonds. The molecule has 0 aliphatic carbocycles. The molecule has 0 aliphatic rings. The molecular weight excluding hydrogens is 361 g/mol. The van der Waals surface area contributed by atoms with Crippen LogP contribution in [-0.4, -0.2) is 31.6 Å². The second-order valence-electron chi connectivity index (χ2n) is 5.55. The molecule has 0 unspecified atom stereocenters. The van der Waals surface area contributed by atoms with Gasteiger partial charge in [-0.3, -0.25) is 4.79 Å². The van der Waals surface area contributed by atoms with E-state index in [1.165, 1.54) is 6.07 Å². The van der Waals surface area contributed by atoms with Crippen LogP contribution < -0.4 is 10.1 Å². The van der Waals surface area contributed by atoms with Gasteiger partial charge < -0.3 is 14.8 Å². The highest BCUT2D eigenvalue weighted by Crippen LogP contribution is 2.20. The minimum Gasteiger partial charge on any atom is -0.482 e. The van der Waals surface area contributed by atoms with Gasteiger partial charge in [0.25, 0.3) is 5.91 Å². The molecular formula is C19H19ClFNO4. The van der Waals surface area contributed by atoms with E-state index in [0.717, 1.165) is 5.56 Å². The van der Waals surface area contributed by atoms with Crippen LogP contribution in [0.2, 0.25) is 5.02 Å². The second kappa shape index (κ2) is 9.77. The van der Waals surface area contributed by atoms with Gasteiger partial charge >= 0.3 is 5.97 Å². The lowest BCUT2D eigenvalue weighted by molar-refractivity contribution is -0.150. The highest BCUT2D eigenvalue weighted by molar-refractivity contribution is 6.31. The number of hydrogen-bond acceptors (Lipinski definition) is 4. The third kappa shape index (κ3) is 6.37. The number of aryl methyl sites for hydroxylation is 1. The summed E-state index contributed by atoms with van der Waals surface area (Å²) in [6.45, 7) is 1.33. The van der Waals surface area contributed by atoms with Crippen LogP contribution in [0.1, 0.15) is 11.1 Å². The number of rotatable bonds is 8. The number of halogens is 2. The number of nitrogens with one attached hydrogen (secondary N) is 1. The summed E-state index contributed by atoms with van der Waals surface area (Å²) in [6, 6.07) is 11.3. The molecule has 138 valence electrons. The lowest BCUT2D eigenvalue weighted by Crippen LogP contribution is -2.31. The summed E-state index contributed by atoms with van der Waals surface area (Å²) >= 11 is 5.90. The van der Waals surface area contributed by atoms with Crippen molar-refractivity contribution in [2.24, 2.45) is 0 Å². The van der Waals surface area contributed by atoms with Gasteiger partial charge in [0, 0.05) is 11.6 Å². The molecule has 0 radical (unpaired) electrons. The van der Waals surface area contributed by atoms with E-state index in [1.807, 2.05) is 6.92 Å². The molecule has 0 aliphatic heterocycles. The first kappa shape index (κ1) is 19.7. The first-order valence-electron chi connectivity index (χ1n) is 8.00. The Labute approximate surface area is 156 Å². The molecule has 0 spiro atoms. The van der Waals surface area contributed by atoms with E-state index in [4.69, 9.17) is 21.1 Å². The first-order valence-corrected chi connectivity index (χ1v) is 8.38. The van der Waals surface area contributed by atoms with Gasteiger partial charge in [0.05, 0.1) is 0 Å². The smallest absolute Gasteiger partial charge is 0.344 e. The minimum absolute atomic E-state index is 0.248. The van der Waals surface area contributed by atoms with Crippen LogP contribution in [0.15, 0.2) is 42.5 Å². The Hall–Kier alpha value is -2.60. The number of benzene rings is 2. The molecule has 0 saturated carbocycles. The summed E-state index contributed by atoms with van der Waals surface area (Å²) < 4.78 is 23.5. The number of hydrogen-bond donors (Lipinski definition) is 1. The average molecular weight is 380 g/mol. The van der Waals surface area contributed by atoms with Crippen LogP contribution in [0.3, 0.4) is 0 Å². The SMILES string of the molecule is Cc1cc(OCC(=O)OCC(=O)NCCc2ccccc2F)ccc1Cl. The first-order chi connectivity index (χ1) is 12.5. The fraction of sp³-hybridized carbons (Fsp3) is 0.263.